The van der Waals surface area contributed by atoms with Crippen molar-refractivity contribution >= 4 is 35.0 Å². The minimum atomic E-state index is -1.06. The lowest BCUT2D eigenvalue weighted by molar-refractivity contribution is 0.199. The highest BCUT2D eigenvalue weighted by molar-refractivity contribution is 6.42. The fraction of sp³-hybridized carbons (Fsp3) is 0.316. The van der Waals surface area contributed by atoms with Crippen molar-refractivity contribution in [2.45, 2.75) is 12.8 Å². The molecule has 0 atom stereocenters. The Hall–Kier alpha value is -1.82. The number of carboxylic acid groups (broad SMARTS) is 1. The molecule has 1 aliphatic rings. The van der Waals surface area contributed by atoms with Crippen molar-refractivity contribution < 1.29 is 14.3 Å². The van der Waals surface area contributed by atoms with E-state index in [1.807, 2.05) is 0 Å². The Bertz CT molecular complexity index is 810. The molecule has 0 unspecified atom stereocenters. The quantitative estimate of drug-likeness (QED) is 0.738. The van der Waals surface area contributed by atoms with Crippen LogP contribution < -0.4 is 10.2 Å². The van der Waals surface area contributed by atoms with E-state index < -0.39 is 11.9 Å². The Labute approximate surface area is 161 Å². The molecule has 2 N–H and O–H groups in total. The van der Waals surface area contributed by atoms with E-state index >= 15 is 0 Å². The van der Waals surface area contributed by atoms with Gasteiger partial charge in [0.15, 0.2) is 0 Å². The van der Waals surface area contributed by atoms with Gasteiger partial charge in [-0.2, -0.15) is 0 Å². The highest BCUT2D eigenvalue weighted by Gasteiger charge is 2.24. The van der Waals surface area contributed by atoms with Crippen LogP contribution in [-0.2, 0) is 0 Å². The number of piperidine rings is 1. The van der Waals surface area contributed by atoms with Gasteiger partial charge >= 0.3 is 6.09 Å². The average molecular weight is 397 g/mol. The van der Waals surface area contributed by atoms with Crippen LogP contribution in [0.1, 0.15) is 12.8 Å². The number of benzene rings is 2. The minimum Gasteiger partial charge on any atom is -0.465 e. The molecule has 3 rings (SSSR count). The molecule has 138 valence electrons. The first kappa shape index (κ1) is 19.0. The first-order valence-electron chi connectivity index (χ1n) is 8.42. The van der Waals surface area contributed by atoms with E-state index in [2.05, 4.69) is 5.32 Å². The average Bonchev–Trinajstić information content (AvgIpc) is 2.63. The van der Waals surface area contributed by atoms with Gasteiger partial charge in [-0.05, 0) is 67.7 Å². The van der Waals surface area contributed by atoms with Crippen LogP contribution in [0.2, 0.25) is 10.0 Å². The van der Waals surface area contributed by atoms with Gasteiger partial charge in [0.1, 0.15) is 5.82 Å². The lowest BCUT2D eigenvalue weighted by Gasteiger charge is -2.29. The third kappa shape index (κ3) is 4.29. The number of rotatable bonds is 4. The van der Waals surface area contributed by atoms with Crippen molar-refractivity contribution in [3.8, 4) is 11.1 Å². The second kappa shape index (κ2) is 8.25. The molecule has 1 amide bonds. The van der Waals surface area contributed by atoms with E-state index in [4.69, 9.17) is 23.2 Å². The summed E-state index contributed by atoms with van der Waals surface area (Å²) in [5.74, 6) is -0.180. The van der Waals surface area contributed by atoms with E-state index in [0.717, 1.165) is 25.9 Å². The Kier molecular flexibility index (Phi) is 6.01. The van der Waals surface area contributed by atoms with Crippen LogP contribution in [0.15, 0.2) is 36.4 Å². The van der Waals surface area contributed by atoms with Crippen molar-refractivity contribution in [1.82, 2.24) is 5.32 Å². The van der Waals surface area contributed by atoms with Crippen molar-refractivity contribution in [3.63, 3.8) is 0 Å². The lowest BCUT2D eigenvalue weighted by Crippen LogP contribution is -2.39. The summed E-state index contributed by atoms with van der Waals surface area (Å²) in [7, 11) is 0. The van der Waals surface area contributed by atoms with Gasteiger partial charge in [0.2, 0.25) is 0 Å². The van der Waals surface area contributed by atoms with E-state index in [-0.39, 0.29) is 5.92 Å². The molecular weight excluding hydrogens is 378 g/mol. The smallest absolute Gasteiger partial charge is 0.411 e. The normalized spacial score (nSPS) is 15.0. The minimum absolute atomic E-state index is 0.263. The molecule has 2 aromatic carbocycles. The van der Waals surface area contributed by atoms with Gasteiger partial charge < -0.3 is 10.4 Å². The third-order valence-electron chi connectivity index (χ3n) is 4.61. The van der Waals surface area contributed by atoms with Gasteiger partial charge in [-0.15, -0.1) is 0 Å². The molecule has 0 aromatic heterocycles. The maximum atomic E-state index is 13.9. The molecule has 0 radical (unpaired) electrons. The first-order valence-corrected chi connectivity index (χ1v) is 9.17. The number of hydrogen-bond acceptors (Lipinski definition) is 2. The fourth-order valence-electron chi connectivity index (χ4n) is 3.24. The van der Waals surface area contributed by atoms with Gasteiger partial charge in [-0.1, -0.05) is 29.3 Å². The zero-order valence-electron chi connectivity index (χ0n) is 14.0. The molecule has 0 saturated carbocycles. The Morgan fingerprint density at radius 1 is 1.15 bits per heavy atom. The summed E-state index contributed by atoms with van der Waals surface area (Å²) in [5, 5.41) is 13.8. The number of amides is 1. The maximum absolute atomic E-state index is 13.9. The third-order valence-corrected chi connectivity index (χ3v) is 5.35. The molecule has 1 heterocycles. The van der Waals surface area contributed by atoms with Gasteiger partial charge in [-0.25, -0.2) is 9.18 Å². The number of nitrogens with one attached hydrogen (secondary N) is 1. The number of carbonyl (C=O) groups is 1. The van der Waals surface area contributed by atoms with Crippen LogP contribution in [0.5, 0.6) is 0 Å². The van der Waals surface area contributed by atoms with Crippen LogP contribution in [-0.4, -0.2) is 30.8 Å². The van der Waals surface area contributed by atoms with E-state index in [0.29, 0.717) is 33.4 Å². The van der Waals surface area contributed by atoms with Crippen molar-refractivity contribution in [2.24, 2.45) is 5.92 Å². The highest BCUT2D eigenvalue weighted by atomic mass is 35.5. The van der Waals surface area contributed by atoms with Gasteiger partial charge in [0.05, 0.1) is 15.7 Å². The standard InChI is InChI=1S/C19H19Cl2FN2O2/c20-16-3-1-13(9-17(16)21)15-10-14(22)2-4-18(15)24(19(25)26)11-12-5-7-23-8-6-12/h1-4,9-10,12,23H,5-8,11H2,(H,25,26). The largest absolute Gasteiger partial charge is 0.465 e. The topological polar surface area (TPSA) is 52.6 Å². The molecule has 0 aliphatic carbocycles. The predicted molar refractivity (Wildman–Crippen MR) is 103 cm³/mol. The zero-order valence-corrected chi connectivity index (χ0v) is 15.5. The molecule has 0 bridgehead atoms. The summed E-state index contributed by atoms with van der Waals surface area (Å²) < 4.78 is 13.9. The van der Waals surface area contributed by atoms with Crippen LogP contribution >= 0.6 is 23.2 Å². The summed E-state index contributed by atoms with van der Waals surface area (Å²) in [6.07, 6.45) is 0.761. The molecule has 1 saturated heterocycles. The molecule has 1 fully saturated rings. The fourth-order valence-corrected chi connectivity index (χ4v) is 3.54. The number of nitrogens with zero attached hydrogens (tertiary/aromatic N) is 1. The second-order valence-corrected chi connectivity index (χ2v) is 7.19. The van der Waals surface area contributed by atoms with Gasteiger partial charge in [0, 0.05) is 12.1 Å². The number of hydrogen-bond donors (Lipinski definition) is 2. The number of anilines is 1. The van der Waals surface area contributed by atoms with E-state index in [1.54, 1.807) is 18.2 Å². The second-order valence-electron chi connectivity index (χ2n) is 6.38. The molecule has 26 heavy (non-hydrogen) atoms. The summed E-state index contributed by atoms with van der Waals surface area (Å²) in [4.78, 5) is 13.2. The predicted octanol–water partition coefficient (Wildman–Crippen LogP) is 5.28. The van der Waals surface area contributed by atoms with E-state index in [9.17, 15) is 14.3 Å². The summed E-state index contributed by atoms with van der Waals surface area (Å²) >= 11 is 12.1. The van der Waals surface area contributed by atoms with Crippen molar-refractivity contribution in [1.29, 1.82) is 0 Å². The monoisotopic (exact) mass is 396 g/mol. The molecule has 0 spiro atoms. The Morgan fingerprint density at radius 2 is 1.88 bits per heavy atom. The summed E-state index contributed by atoms with van der Waals surface area (Å²) in [5.41, 5.74) is 1.53. The lowest BCUT2D eigenvalue weighted by atomic mass is 9.96. The summed E-state index contributed by atoms with van der Waals surface area (Å²) in [6, 6.07) is 9.04. The number of halogens is 3. The first-order chi connectivity index (χ1) is 12.5. The van der Waals surface area contributed by atoms with Gasteiger partial charge in [-0.3, -0.25) is 4.90 Å². The molecule has 7 heteroatoms. The molecular formula is C19H19Cl2FN2O2. The Morgan fingerprint density at radius 3 is 2.54 bits per heavy atom. The van der Waals surface area contributed by atoms with Crippen molar-refractivity contribution in [3.05, 3.63) is 52.3 Å². The molecule has 2 aromatic rings. The SMILES string of the molecule is O=C(O)N(CC1CCNCC1)c1ccc(F)cc1-c1ccc(Cl)c(Cl)c1. The van der Waals surface area contributed by atoms with Crippen LogP contribution in [0.25, 0.3) is 11.1 Å². The van der Waals surface area contributed by atoms with Crippen LogP contribution in [0.3, 0.4) is 0 Å². The van der Waals surface area contributed by atoms with Gasteiger partial charge in [0.25, 0.3) is 0 Å². The van der Waals surface area contributed by atoms with E-state index in [1.165, 1.54) is 23.1 Å². The van der Waals surface area contributed by atoms with Crippen molar-refractivity contribution in [2.75, 3.05) is 24.5 Å². The molecule has 1 aliphatic heterocycles. The summed E-state index contributed by atoms with van der Waals surface area (Å²) in [6.45, 7) is 2.12. The Balaban J connectivity index is 2.01. The highest BCUT2D eigenvalue weighted by Crippen LogP contribution is 2.36. The van der Waals surface area contributed by atoms with Crippen LogP contribution in [0.4, 0.5) is 14.9 Å². The maximum Gasteiger partial charge on any atom is 0.411 e. The zero-order chi connectivity index (χ0) is 18.7. The molecule has 4 nitrogen and oxygen atoms in total. The van der Waals surface area contributed by atoms with Crippen LogP contribution in [0, 0.1) is 11.7 Å².